The van der Waals surface area contributed by atoms with Crippen molar-refractivity contribution in [2.24, 2.45) is 0 Å². The van der Waals surface area contributed by atoms with Crippen molar-refractivity contribution in [3.63, 3.8) is 0 Å². The van der Waals surface area contributed by atoms with E-state index in [1.54, 1.807) is 18.2 Å². The van der Waals surface area contributed by atoms with Gasteiger partial charge < -0.3 is 19.4 Å². The molecule has 2 rings (SSSR count). The first-order chi connectivity index (χ1) is 10.9. The van der Waals surface area contributed by atoms with E-state index in [0.29, 0.717) is 28.8 Å². The molecule has 124 valence electrons. The van der Waals surface area contributed by atoms with Crippen LogP contribution < -0.4 is 15.7 Å². The summed E-state index contributed by atoms with van der Waals surface area (Å²) in [6.45, 7) is 5.05. The Morgan fingerprint density at radius 1 is 1.30 bits per heavy atom. The standard InChI is InChI=1S/C17H22N2O4/c1-11(2)22-12-5-6-13-14(10-16(20)23-15(13)9-12)17(21)18-7-8-19(3)4/h5-6,9-11H,7-8H2,1-4H3,(H,18,21). The van der Waals surface area contributed by atoms with Crippen LogP contribution in [0.3, 0.4) is 0 Å². The van der Waals surface area contributed by atoms with Crippen LogP contribution in [0.25, 0.3) is 11.0 Å². The zero-order valence-corrected chi connectivity index (χ0v) is 13.9. The number of hydrogen-bond acceptors (Lipinski definition) is 5. The molecule has 0 aliphatic carbocycles. The fourth-order valence-electron chi connectivity index (χ4n) is 2.16. The van der Waals surface area contributed by atoms with Crippen LogP contribution in [0, 0.1) is 0 Å². The number of benzene rings is 1. The molecule has 0 atom stereocenters. The Hall–Kier alpha value is -2.34. The average Bonchev–Trinajstić information content (AvgIpc) is 2.44. The van der Waals surface area contributed by atoms with Gasteiger partial charge in [-0.3, -0.25) is 4.79 Å². The van der Waals surface area contributed by atoms with Gasteiger partial charge in [0, 0.05) is 30.6 Å². The Balaban J connectivity index is 2.32. The Morgan fingerprint density at radius 2 is 2.04 bits per heavy atom. The minimum Gasteiger partial charge on any atom is -0.491 e. The summed E-state index contributed by atoms with van der Waals surface area (Å²) in [7, 11) is 3.85. The van der Waals surface area contributed by atoms with E-state index < -0.39 is 5.63 Å². The number of nitrogens with zero attached hydrogens (tertiary/aromatic N) is 1. The highest BCUT2D eigenvalue weighted by atomic mass is 16.5. The maximum atomic E-state index is 12.3. The third-order valence-corrected chi connectivity index (χ3v) is 3.18. The van der Waals surface area contributed by atoms with Crippen molar-refractivity contribution in [1.29, 1.82) is 0 Å². The van der Waals surface area contributed by atoms with E-state index in [9.17, 15) is 9.59 Å². The monoisotopic (exact) mass is 318 g/mol. The number of carbonyl (C=O) groups excluding carboxylic acids is 1. The van der Waals surface area contributed by atoms with Crippen LogP contribution in [-0.2, 0) is 0 Å². The van der Waals surface area contributed by atoms with Gasteiger partial charge in [-0.1, -0.05) is 0 Å². The Kier molecular flexibility index (Phi) is 5.39. The Morgan fingerprint density at radius 3 is 2.70 bits per heavy atom. The van der Waals surface area contributed by atoms with Crippen LogP contribution in [0.5, 0.6) is 5.75 Å². The lowest BCUT2D eigenvalue weighted by Crippen LogP contribution is -2.31. The molecule has 0 spiro atoms. The summed E-state index contributed by atoms with van der Waals surface area (Å²) in [5, 5.41) is 3.39. The van der Waals surface area contributed by atoms with Gasteiger partial charge >= 0.3 is 5.63 Å². The second-order valence-corrected chi connectivity index (χ2v) is 5.86. The topological polar surface area (TPSA) is 71.8 Å². The van der Waals surface area contributed by atoms with Crippen molar-refractivity contribution in [3.8, 4) is 5.75 Å². The summed E-state index contributed by atoms with van der Waals surface area (Å²) in [5.41, 5.74) is 0.0940. The SMILES string of the molecule is CC(C)Oc1ccc2c(C(=O)NCCN(C)C)cc(=O)oc2c1. The molecule has 1 amide bonds. The van der Waals surface area contributed by atoms with Crippen LogP contribution in [-0.4, -0.2) is 44.1 Å². The minimum atomic E-state index is -0.558. The molecule has 23 heavy (non-hydrogen) atoms. The van der Waals surface area contributed by atoms with E-state index in [1.807, 2.05) is 32.8 Å². The molecule has 0 bridgehead atoms. The average molecular weight is 318 g/mol. The number of fused-ring (bicyclic) bond motifs is 1. The molecule has 0 saturated carbocycles. The third kappa shape index (κ3) is 4.56. The van der Waals surface area contributed by atoms with Gasteiger partial charge in [0.25, 0.3) is 5.91 Å². The maximum Gasteiger partial charge on any atom is 0.337 e. The molecular formula is C17H22N2O4. The highest BCUT2D eigenvalue weighted by molar-refractivity contribution is 6.05. The van der Waals surface area contributed by atoms with Gasteiger partial charge in [0.1, 0.15) is 11.3 Å². The van der Waals surface area contributed by atoms with Gasteiger partial charge in [0.15, 0.2) is 0 Å². The number of hydrogen-bond donors (Lipinski definition) is 1. The zero-order chi connectivity index (χ0) is 17.0. The molecule has 1 N–H and O–H groups in total. The number of amides is 1. The summed E-state index contributed by atoms with van der Waals surface area (Å²) in [5.74, 6) is 0.308. The second kappa shape index (κ2) is 7.28. The van der Waals surface area contributed by atoms with E-state index in [4.69, 9.17) is 9.15 Å². The summed E-state index contributed by atoms with van der Waals surface area (Å²) in [6, 6.07) is 6.35. The van der Waals surface area contributed by atoms with Gasteiger partial charge in [-0.25, -0.2) is 4.79 Å². The fourth-order valence-corrected chi connectivity index (χ4v) is 2.16. The quantitative estimate of drug-likeness (QED) is 0.823. The molecule has 0 aliphatic heterocycles. The van der Waals surface area contributed by atoms with E-state index in [0.717, 1.165) is 6.54 Å². The lowest BCUT2D eigenvalue weighted by molar-refractivity contribution is 0.0952. The molecule has 6 nitrogen and oxygen atoms in total. The number of ether oxygens (including phenoxy) is 1. The lowest BCUT2D eigenvalue weighted by Gasteiger charge is -2.12. The lowest BCUT2D eigenvalue weighted by atomic mass is 10.1. The summed E-state index contributed by atoms with van der Waals surface area (Å²) in [6.07, 6.45) is 0.0108. The predicted molar refractivity (Wildman–Crippen MR) is 89.1 cm³/mol. The Labute approximate surface area is 135 Å². The van der Waals surface area contributed by atoms with Gasteiger partial charge in [-0.2, -0.15) is 0 Å². The summed E-state index contributed by atoms with van der Waals surface area (Å²) < 4.78 is 10.8. The van der Waals surface area contributed by atoms with Crippen LogP contribution >= 0.6 is 0 Å². The van der Waals surface area contributed by atoms with Crippen LogP contribution in [0.4, 0.5) is 0 Å². The van der Waals surface area contributed by atoms with E-state index >= 15 is 0 Å². The van der Waals surface area contributed by atoms with Crippen molar-refractivity contribution in [3.05, 3.63) is 40.2 Å². The maximum absolute atomic E-state index is 12.3. The third-order valence-electron chi connectivity index (χ3n) is 3.18. The van der Waals surface area contributed by atoms with Crippen molar-refractivity contribution >= 4 is 16.9 Å². The normalized spacial score (nSPS) is 11.2. The highest BCUT2D eigenvalue weighted by Gasteiger charge is 2.14. The van der Waals surface area contributed by atoms with Gasteiger partial charge in [0.2, 0.25) is 0 Å². The number of likely N-dealkylation sites (N-methyl/N-ethyl adjacent to an activating group) is 1. The smallest absolute Gasteiger partial charge is 0.337 e. The molecule has 0 unspecified atom stereocenters. The summed E-state index contributed by atoms with van der Waals surface area (Å²) in [4.78, 5) is 26.0. The molecule has 0 saturated heterocycles. The first-order valence-corrected chi connectivity index (χ1v) is 7.54. The first kappa shape index (κ1) is 17.0. The van der Waals surface area contributed by atoms with E-state index in [1.165, 1.54) is 6.07 Å². The van der Waals surface area contributed by atoms with E-state index in [-0.39, 0.29) is 12.0 Å². The molecule has 6 heteroatoms. The van der Waals surface area contributed by atoms with Gasteiger partial charge in [0.05, 0.1) is 11.7 Å². The molecule has 1 aromatic heterocycles. The Bertz CT molecular complexity index is 750. The number of nitrogens with one attached hydrogen (secondary N) is 1. The van der Waals surface area contributed by atoms with Crippen molar-refractivity contribution in [2.75, 3.05) is 27.2 Å². The first-order valence-electron chi connectivity index (χ1n) is 7.54. The molecule has 2 aromatic rings. The fraction of sp³-hybridized carbons (Fsp3) is 0.412. The second-order valence-electron chi connectivity index (χ2n) is 5.86. The predicted octanol–water partition coefficient (Wildman–Crippen LogP) is 1.87. The van der Waals surface area contributed by atoms with Crippen LogP contribution in [0.15, 0.2) is 33.5 Å². The van der Waals surface area contributed by atoms with Crippen molar-refractivity contribution in [1.82, 2.24) is 10.2 Å². The summed E-state index contributed by atoms with van der Waals surface area (Å²) >= 11 is 0. The molecule has 0 fully saturated rings. The van der Waals surface area contributed by atoms with Crippen LogP contribution in [0.2, 0.25) is 0 Å². The minimum absolute atomic E-state index is 0.0108. The molecule has 1 heterocycles. The molecule has 1 aromatic carbocycles. The molecule has 0 aliphatic rings. The van der Waals surface area contributed by atoms with Gasteiger partial charge in [-0.05, 0) is 40.1 Å². The molecule has 0 radical (unpaired) electrons. The van der Waals surface area contributed by atoms with Crippen molar-refractivity contribution < 1.29 is 13.9 Å². The van der Waals surface area contributed by atoms with Crippen molar-refractivity contribution in [2.45, 2.75) is 20.0 Å². The number of carbonyl (C=O) groups is 1. The van der Waals surface area contributed by atoms with Crippen LogP contribution in [0.1, 0.15) is 24.2 Å². The zero-order valence-electron chi connectivity index (χ0n) is 13.9. The highest BCUT2D eigenvalue weighted by Crippen LogP contribution is 2.23. The molecular weight excluding hydrogens is 296 g/mol. The number of rotatable bonds is 6. The largest absolute Gasteiger partial charge is 0.491 e. The van der Waals surface area contributed by atoms with E-state index in [2.05, 4.69) is 5.32 Å². The van der Waals surface area contributed by atoms with Gasteiger partial charge in [-0.15, -0.1) is 0 Å².